The van der Waals surface area contributed by atoms with Crippen LogP contribution in [0.2, 0.25) is 51.4 Å². The summed E-state index contributed by atoms with van der Waals surface area (Å²) < 4.78 is 47.7. The molecule has 0 fully saturated rings. The number of aryl methyl sites for hydroxylation is 5. The lowest BCUT2D eigenvalue weighted by molar-refractivity contribution is 0.149. The van der Waals surface area contributed by atoms with E-state index < -0.39 is 37.5 Å². The number of carbonyl (C=O) groups excluding carboxylic acids is 2. The molecule has 0 saturated carbocycles. The summed E-state index contributed by atoms with van der Waals surface area (Å²) in [7, 11) is -3.52. The highest BCUT2D eigenvalue weighted by atomic mass is 28.5. The summed E-state index contributed by atoms with van der Waals surface area (Å²) in [6.07, 6.45) is 1.84. The van der Waals surface area contributed by atoms with Crippen LogP contribution >= 0.6 is 0 Å². The Morgan fingerprint density at radius 3 is 1.35 bits per heavy atom. The molecular weight excluding hydrogens is 977 g/mol. The van der Waals surface area contributed by atoms with E-state index in [9.17, 15) is 9.59 Å². The maximum absolute atomic E-state index is 13.0. The van der Waals surface area contributed by atoms with Gasteiger partial charge in [0.05, 0.1) is 14.2 Å². The van der Waals surface area contributed by atoms with Crippen LogP contribution in [-0.2, 0) is 31.9 Å². The van der Waals surface area contributed by atoms with Crippen molar-refractivity contribution in [3.63, 3.8) is 0 Å². The molecule has 10 nitrogen and oxygen atoms in total. The van der Waals surface area contributed by atoms with Crippen molar-refractivity contribution in [3.05, 3.63) is 177 Å². The van der Waals surface area contributed by atoms with Gasteiger partial charge < -0.3 is 36.7 Å². The highest BCUT2D eigenvalue weighted by Gasteiger charge is 2.39. The lowest BCUT2D eigenvalue weighted by atomic mass is 9.77. The normalized spacial score (nSPS) is 12.3. The molecule has 0 aliphatic carbocycles. The van der Waals surface area contributed by atoms with E-state index in [1.807, 2.05) is 55.5 Å². The Bertz CT molecular complexity index is 2870. The van der Waals surface area contributed by atoms with E-state index >= 15 is 0 Å². The van der Waals surface area contributed by atoms with Gasteiger partial charge in [-0.05, 0) is 179 Å². The lowest BCUT2D eigenvalue weighted by Crippen LogP contribution is -2.52. The zero-order valence-corrected chi connectivity index (χ0v) is 49.4. The molecule has 0 spiro atoms. The van der Waals surface area contributed by atoms with Crippen LogP contribution < -0.4 is 28.4 Å². The third-order valence-electron chi connectivity index (χ3n) is 13.8. The fourth-order valence-corrected chi connectivity index (χ4v) is 23.7. The van der Waals surface area contributed by atoms with Crippen LogP contribution in [0.4, 0.5) is 9.59 Å². The van der Waals surface area contributed by atoms with Gasteiger partial charge in [-0.3, -0.25) is 0 Å². The van der Waals surface area contributed by atoms with Gasteiger partial charge in [0.1, 0.15) is 11.5 Å². The summed E-state index contributed by atoms with van der Waals surface area (Å²) in [5.74, 6) is 2.36. The lowest BCUT2D eigenvalue weighted by Gasteiger charge is -2.39. The second-order valence-electron chi connectivity index (χ2n) is 22.2. The van der Waals surface area contributed by atoms with E-state index in [0.29, 0.717) is 34.5 Å². The second kappa shape index (κ2) is 24.1. The van der Waals surface area contributed by atoms with Crippen LogP contribution in [0.25, 0.3) is 0 Å². The molecule has 74 heavy (non-hydrogen) atoms. The van der Waals surface area contributed by atoms with Crippen molar-refractivity contribution in [2.45, 2.75) is 136 Å². The summed E-state index contributed by atoms with van der Waals surface area (Å²) >= 11 is 0. The quantitative estimate of drug-likeness (QED) is 0.0370. The van der Waals surface area contributed by atoms with Crippen LogP contribution in [0.1, 0.15) is 90.6 Å². The molecule has 6 rings (SSSR count). The first-order valence-corrected chi connectivity index (χ1v) is 34.7. The molecule has 0 amide bonds. The Hall–Kier alpha value is -5.97. The predicted octanol–water partition coefficient (Wildman–Crippen LogP) is 16.1. The molecule has 0 heterocycles. The highest BCUT2D eigenvalue weighted by Crippen LogP contribution is 2.37. The van der Waals surface area contributed by atoms with Gasteiger partial charge in [0.2, 0.25) is 0 Å². The van der Waals surface area contributed by atoms with E-state index in [-0.39, 0.29) is 10.8 Å². The average Bonchev–Trinajstić information content (AvgIpc) is 3.32. The monoisotopic (exact) mass is 1050 g/mol. The average molecular weight is 1060 g/mol. The number of carbonyl (C=O) groups is 2. The zero-order chi connectivity index (χ0) is 54.1. The molecule has 0 atom stereocenters. The Morgan fingerprint density at radius 1 is 0.446 bits per heavy atom. The van der Waals surface area contributed by atoms with Crippen LogP contribution in [0.15, 0.2) is 127 Å². The smallest absolute Gasteiger partial charge is 0.493 e. The van der Waals surface area contributed by atoms with Crippen molar-refractivity contribution in [1.29, 1.82) is 0 Å². The number of methoxy groups -OCH3 is 2. The first kappa shape index (κ1) is 57.3. The largest absolute Gasteiger partial charge is 0.519 e. The molecule has 13 heteroatoms. The maximum atomic E-state index is 13.0. The summed E-state index contributed by atoms with van der Waals surface area (Å²) in [5, 5.41) is 0. The number of benzene rings is 6. The van der Waals surface area contributed by atoms with Crippen molar-refractivity contribution in [3.8, 4) is 34.5 Å². The first-order chi connectivity index (χ1) is 34.8. The Labute approximate surface area is 444 Å². The number of hydrogen-bond donors (Lipinski definition) is 0. The van der Waals surface area contributed by atoms with Crippen LogP contribution in [-0.4, -0.2) is 51.7 Å². The number of ether oxygens (including phenoxy) is 6. The Kier molecular flexibility index (Phi) is 18.7. The number of hydrogen-bond acceptors (Lipinski definition) is 10. The minimum absolute atomic E-state index is 0.219. The molecule has 0 bridgehead atoms. The topological polar surface area (TPSA) is 108 Å². The van der Waals surface area contributed by atoms with Gasteiger partial charge in [0.15, 0.2) is 39.6 Å². The van der Waals surface area contributed by atoms with Crippen LogP contribution in [0, 0.1) is 20.8 Å². The molecule has 0 radical (unpaired) electrons. The van der Waals surface area contributed by atoms with Gasteiger partial charge in [0, 0.05) is 10.8 Å². The van der Waals surface area contributed by atoms with Gasteiger partial charge in [-0.2, -0.15) is 0 Å². The van der Waals surface area contributed by atoms with Crippen molar-refractivity contribution >= 4 is 37.5 Å². The van der Waals surface area contributed by atoms with E-state index in [4.69, 9.17) is 36.7 Å². The summed E-state index contributed by atoms with van der Waals surface area (Å²) in [5.41, 5.74) is 9.63. The van der Waals surface area contributed by atoms with Gasteiger partial charge in [-0.25, -0.2) is 9.59 Å². The molecular formula is C61H78O10Si3. The standard InChI is InChI=1S/C61H78O10Si3/c1-43-23-27-48(28-24-43)61(6,7)51-31-36-53(45(3)40-51)67-59(63)69-55-35-26-47(42-57(55)65-9)21-18-38-73(12,13)71-74(14,15)70-72(10,11)37-17-20-46-25-34-54(56(41-46)64-8)68-58(62)66-52-32-29-49(30-33-52)60(4,5)50-22-16-19-44(2)39-50/h16,19,22-36,39-42H,17-18,20-21,37-38H2,1-15H3. The fourth-order valence-electron chi connectivity index (χ4n) is 9.63. The summed E-state index contributed by atoms with van der Waals surface area (Å²) in [6.45, 7) is 28.3. The summed E-state index contributed by atoms with van der Waals surface area (Å²) in [6, 6.07) is 43.7. The molecule has 0 aliphatic heterocycles. The van der Waals surface area contributed by atoms with Gasteiger partial charge in [-0.1, -0.05) is 124 Å². The minimum atomic E-state index is -2.46. The van der Waals surface area contributed by atoms with E-state index in [1.54, 1.807) is 38.5 Å². The Morgan fingerprint density at radius 2 is 0.878 bits per heavy atom. The second-order valence-corrected chi connectivity index (χ2v) is 34.7. The first-order valence-electron chi connectivity index (χ1n) is 25.7. The number of rotatable bonds is 22. The maximum Gasteiger partial charge on any atom is 0.519 e. The molecule has 0 saturated heterocycles. The van der Waals surface area contributed by atoms with Crippen molar-refractivity contribution in [1.82, 2.24) is 0 Å². The molecule has 6 aromatic rings. The van der Waals surface area contributed by atoms with Crippen LogP contribution in [0.3, 0.4) is 0 Å². The van der Waals surface area contributed by atoms with Crippen molar-refractivity contribution in [2.24, 2.45) is 0 Å². The fraction of sp³-hybridized carbons (Fsp3) is 0.377. The van der Waals surface area contributed by atoms with Gasteiger partial charge >= 0.3 is 20.9 Å². The van der Waals surface area contributed by atoms with E-state index in [0.717, 1.165) is 65.6 Å². The third kappa shape index (κ3) is 15.8. The summed E-state index contributed by atoms with van der Waals surface area (Å²) in [4.78, 5) is 25.9. The molecule has 6 aromatic carbocycles. The molecule has 0 aliphatic rings. The van der Waals surface area contributed by atoms with Gasteiger partial charge in [0.25, 0.3) is 0 Å². The molecule has 0 aromatic heterocycles. The molecule has 0 N–H and O–H groups in total. The van der Waals surface area contributed by atoms with E-state index in [2.05, 4.69) is 135 Å². The third-order valence-corrected chi connectivity index (χ3v) is 25.2. The highest BCUT2D eigenvalue weighted by molar-refractivity contribution is 6.87. The van der Waals surface area contributed by atoms with Crippen LogP contribution in [0.5, 0.6) is 34.5 Å². The molecule has 0 unspecified atom stereocenters. The minimum Gasteiger partial charge on any atom is -0.493 e. The SMILES string of the molecule is COc1cc(CCC[Si](C)(C)O[Si](C)(C)O[Si](C)(C)CCCc2ccc(OC(=O)Oc3ccc(C(C)(C)c4ccc(C)cc4)cc3C)c(OC)c2)ccc1OC(=O)Oc1ccc(C(C)(C)c2cccc(C)c2)cc1. The zero-order valence-electron chi connectivity index (χ0n) is 46.4. The Balaban J connectivity index is 0.931. The van der Waals surface area contributed by atoms with Crippen molar-refractivity contribution in [2.75, 3.05) is 14.2 Å². The predicted molar refractivity (Wildman–Crippen MR) is 304 cm³/mol. The van der Waals surface area contributed by atoms with E-state index in [1.165, 1.54) is 22.3 Å². The van der Waals surface area contributed by atoms with Gasteiger partial charge in [-0.15, -0.1) is 0 Å². The molecule has 394 valence electrons. The van der Waals surface area contributed by atoms with Crippen molar-refractivity contribution < 1.29 is 46.2 Å².